The topological polar surface area (TPSA) is 65.1 Å². The van der Waals surface area contributed by atoms with Gasteiger partial charge in [0.15, 0.2) is 5.75 Å². The quantitative estimate of drug-likeness (QED) is 0.472. The molecule has 0 amide bonds. The maximum Gasteiger partial charge on any atom is 0.161 e. The molecule has 1 aromatic carbocycles. The van der Waals surface area contributed by atoms with Crippen molar-refractivity contribution >= 4 is 27.7 Å². The summed E-state index contributed by atoms with van der Waals surface area (Å²) >= 11 is 5.16. The Morgan fingerprint density at radius 2 is 2.15 bits per heavy atom. The SMILES string of the molecule is COc1cnn(C)c1C(CSc1ccc(Br)cc1)NN. The molecule has 0 radical (unpaired) electrons. The number of thioether (sulfide) groups is 1. The third kappa shape index (κ3) is 3.54. The number of aromatic nitrogens is 2. The van der Waals surface area contributed by atoms with Crippen LogP contribution in [0.25, 0.3) is 0 Å². The van der Waals surface area contributed by atoms with Crippen molar-refractivity contribution in [2.45, 2.75) is 10.9 Å². The predicted octanol–water partition coefficient (Wildman–Crippen LogP) is 2.49. The summed E-state index contributed by atoms with van der Waals surface area (Å²) in [4.78, 5) is 1.19. The van der Waals surface area contributed by atoms with E-state index in [0.717, 1.165) is 21.7 Å². The fourth-order valence-electron chi connectivity index (χ4n) is 1.90. The van der Waals surface area contributed by atoms with E-state index in [9.17, 15) is 0 Å². The van der Waals surface area contributed by atoms with E-state index >= 15 is 0 Å². The van der Waals surface area contributed by atoms with Gasteiger partial charge in [0.25, 0.3) is 0 Å². The summed E-state index contributed by atoms with van der Waals surface area (Å²) in [6.45, 7) is 0. The lowest BCUT2D eigenvalue weighted by Gasteiger charge is -2.17. The summed E-state index contributed by atoms with van der Waals surface area (Å²) in [7, 11) is 3.52. The zero-order valence-corrected chi connectivity index (χ0v) is 13.7. The molecule has 2 aromatic rings. The number of benzene rings is 1. The molecule has 1 unspecified atom stereocenters. The van der Waals surface area contributed by atoms with Crippen LogP contribution in [0.2, 0.25) is 0 Å². The van der Waals surface area contributed by atoms with Crippen LogP contribution in [0.3, 0.4) is 0 Å². The standard InChI is InChI=1S/C13H17BrN4OS/c1-18-13(12(19-2)7-16-18)11(17-15)8-20-10-5-3-9(14)4-6-10/h3-7,11,17H,8,15H2,1-2H3. The Labute approximate surface area is 131 Å². The first kappa shape index (κ1) is 15.4. The van der Waals surface area contributed by atoms with Gasteiger partial charge in [-0.25, -0.2) is 0 Å². The van der Waals surface area contributed by atoms with Gasteiger partial charge in [0, 0.05) is 22.2 Å². The molecule has 7 heteroatoms. The summed E-state index contributed by atoms with van der Waals surface area (Å²) < 4.78 is 8.18. The Kier molecular flexibility index (Phi) is 5.47. The fourth-order valence-corrected chi connectivity index (χ4v) is 3.10. The van der Waals surface area contributed by atoms with Crippen LogP contribution in [-0.2, 0) is 7.05 Å². The van der Waals surface area contributed by atoms with Gasteiger partial charge in [-0.15, -0.1) is 11.8 Å². The Balaban J connectivity index is 2.09. The largest absolute Gasteiger partial charge is 0.493 e. The minimum Gasteiger partial charge on any atom is -0.493 e. The number of hydrazine groups is 1. The Hall–Kier alpha value is -1.02. The second kappa shape index (κ2) is 7.12. The van der Waals surface area contributed by atoms with Crippen molar-refractivity contribution in [1.82, 2.24) is 15.2 Å². The van der Waals surface area contributed by atoms with Crippen molar-refractivity contribution in [2.24, 2.45) is 12.9 Å². The van der Waals surface area contributed by atoms with E-state index in [1.807, 2.05) is 19.2 Å². The van der Waals surface area contributed by atoms with Crippen LogP contribution in [0.5, 0.6) is 5.75 Å². The van der Waals surface area contributed by atoms with E-state index in [1.54, 1.807) is 29.8 Å². The number of hydrogen-bond acceptors (Lipinski definition) is 5. The first-order chi connectivity index (χ1) is 9.65. The van der Waals surface area contributed by atoms with Crippen molar-refractivity contribution < 1.29 is 4.74 Å². The van der Waals surface area contributed by atoms with E-state index < -0.39 is 0 Å². The number of nitrogens with two attached hydrogens (primary N) is 1. The van der Waals surface area contributed by atoms with Crippen LogP contribution in [0.1, 0.15) is 11.7 Å². The van der Waals surface area contributed by atoms with Gasteiger partial charge in [0.2, 0.25) is 0 Å². The van der Waals surface area contributed by atoms with E-state index in [4.69, 9.17) is 10.6 Å². The van der Waals surface area contributed by atoms with Gasteiger partial charge in [-0.3, -0.25) is 16.0 Å². The highest BCUT2D eigenvalue weighted by Gasteiger charge is 2.19. The Bertz CT molecular complexity index is 558. The minimum atomic E-state index is -0.0360. The lowest BCUT2D eigenvalue weighted by molar-refractivity contribution is 0.399. The molecule has 0 aliphatic heterocycles. The fraction of sp³-hybridized carbons (Fsp3) is 0.308. The molecule has 20 heavy (non-hydrogen) atoms. The number of nitrogens with one attached hydrogen (secondary N) is 1. The first-order valence-corrected chi connectivity index (χ1v) is 7.84. The number of ether oxygens (including phenoxy) is 1. The zero-order valence-electron chi connectivity index (χ0n) is 11.3. The Morgan fingerprint density at radius 3 is 2.75 bits per heavy atom. The average molecular weight is 357 g/mol. The lowest BCUT2D eigenvalue weighted by Crippen LogP contribution is -2.31. The third-order valence-corrected chi connectivity index (χ3v) is 4.56. The normalized spacial score (nSPS) is 12.4. The third-order valence-electron chi connectivity index (χ3n) is 2.93. The van der Waals surface area contributed by atoms with E-state index in [1.165, 1.54) is 4.90 Å². The lowest BCUT2D eigenvalue weighted by atomic mass is 10.2. The molecule has 0 aliphatic carbocycles. The van der Waals surface area contributed by atoms with Crippen molar-refractivity contribution in [3.8, 4) is 5.75 Å². The highest BCUT2D eigenvalue weighted by Crippen LogP contribution is 2.29. The predicted molar refractivity (Wildman–Crippen MR) is 84.7 cm³/mol. The van der Waals surface area contributed by atoms with Crippen molar-refractivity contribution in [3.05, 3.63) is 40.6 Å². The van der Waals surface area contributed by atoms with Crippen molar-refractivity contribution in [3.63, 3.8) is 0 Å². The smallest absolute Gasteiger partial charge is 0.161 e. The molecule has 0 saturated carbocycles. The molecular formula is C13H17BrN4OS. The molecule has 0 saturated heterocycles. The van der Waals surface area contributed by atoms with Crippen LogP contribution in [0.15, 0.2) is 39.8 Å². The summed E-state index contributed by atoms with van der Waals surface area (Å²) in [5.41, 5.74) is 3.77. The zero-order chi connectivity index (χ0) is 14.5. The van der Waals surface area contributed by atoms with Gasteiger partial charge >= 0.3 is 0 Å². The number of aryl methyl sites for hydroxylation is 1. The number of hydrogen-bond donors (Lipinski definition) is 2. The molecule has 1 heterocycles. The summed E-state index contributed by atoms with van der Waals surface area (Å²) in [5, 5.41) is 4.20. The second-order valence-corrected chi connectivity index (χ2v) is 6.22. The van der Waals surface area contributed by atoms with Crippen LogP contribution in [-0.4, -0.2) is 22.6 Å². The molecule has 2 rings (SSSR count). The molecule has 5 nitrogen and oxygen atoms in total. The van der Waals surface area contributed by atoms with Crippen LogP contribution in [0, 0.1) is 0 Å². The minimum absolute atomic E-state index is 0.0360. The monoisotopic (exact) mass is 356 g/mol. The van der Waals surface area contributed by atoms with Gasteiger partial charge in [0.05, 0.1) is 25.0 Å². The molecule has 0 spiro atoms. The first-order valence-electron chi connectivity index (χ1n) is 6.06. The maximum absolute atomic E-state index is 5.68. The van der Waals surface area contributed by atoms with Crippen molar-refractivity contribution in [1.29, 1.82) is 0 Å². The molecule has 108 valence electrons. The van der Waals surface area contributed by atoms with E-state index in [0.29, 0.717) is 0 Å². The number of nitrogens with zero attached hydrogens (tertiary/aromatic N) is 2. The van der Waals surface area contributed by atoms with Crippen LogP contribution < -0.4 is 16.0 Å². The van der Waals surface area contributed by atoms with E-state index in [2.05, 4.69) is 38.6 Å². The maximum atomic E-state index is 5.68. The van der Waals surface area contributed by atoms with E-state index in [-0.39, 0.29) is 6.04 Å². The van der Waals surface area contributed by atoms with Gasteiger partial charge in [0.1, 0.15) is 0 Å². The summed E-state index contributed by atoms with van der Waals surface area (Å²) in [6, 6.07) is 8.16. The van der Waals surface area contributed by atoms with Crippen molar-refractivity contribution in [2.75, 3.05) is 12.9 Å². The Morgan fingerprint density at radius 1 is 1.45 bits per heavy atom. The highest BCUT2D eigenvalue weighted by atomic mass is 79.9. The van der Waals surface area contributed by atoms with Gasteiger partial charge < -0.3 is 4.74 Å². The van der Waals surface area contributed by atoms with Gasteiger partial charge in [-0.2, -0.15) is 5.10 Å². The molecule has 0 aliphatic rings. The second-order valence-electron chi connectivity index (χ2n) is 4.21. The number of rotatable bonds is 6. The van der Waals surface area contributed by atoms with Crippen LogP contribution >= 0.6 is 27.7 Å². The molecule has 0 bridgehead atoms. The van der Waals surface area contributed by atoms with Gasteiger partial charge in [-0.05, 0) is 24.3 Å². The highest BCUT2D eigenvalue weighted by molar-refractivity contribution is 9.10. The number of halogens is 1. The molecule has 3 N–H and O–H groups in total. The molecule has 1 aromatic heterocycles. The summed E-state index contributed by atoms with van der Waals surface area (Å²) in [5.74, 6) is 7.21. The number of methoxy groups -OCH3 is 1. The molecule has 0 fully saturated rings. The molecular weight excluding hydrogens is 340 g/mol. The average Bonchev–Trinajstić information content (AvgIpc) is 2.83. The molecule has 1 atom stereocenters. The van der Waals surface area contributed by atoms with Crippen LogP contribution in [0.4, 0.5) is 0 Å². The summed E-state index contributed by atoms with van der Waals surface area (Å²) in [6.07, 6.45) is 1.70. The van der Waals surface area contributed by atoms with Gasteiger partial charge in [-0.1, -0.05) is 15.9 Å².